The van der Waals surface area contributed by atoms with Gasteiger partial charge >= 0.3 is 0 Å². The molecule has 1 saturated carbocycles. The van der Waals surface area contributed by atoms with Crippen molar-refractivity contribution < 1.29 is 14.3 Å². The third kappa shape index (κ3) is 2.59. The van der Waals surface area contributed by atoms with Crippen molar-refractivity contribution in [1.82, 2.24) is 0 Å². The Balaban J connectivity index is 1.30. The van der Waals surface area contributed by atoms with E-state index in [9.17, 15) is 9.59 Å². The van der Waals surface area contributed by atoms with Gasteiger partial charge in [0.1, 0.15) is 12.4 Å². The number of imide groups is 1. The minimum atomic E-state index is -0.162. The summed E-state index contributed by atoms with van der Waals surface area (Å²) in [6.45, 7) is 2.54. The zero-order valence-electron chi connectivity index (χ0n) is 15.2. The van der Waals surface area contributed by atoms with Gasteiger partial charge in [-0.25, -0.2) is 0 Å². The highest BCUT2D eigenvalue weighted by atomic mass is 16.5. The summed E-state index contributed by atoms with van der Waals surface area (Å²) in [5.74, 6) is 0.776. The Morgan fingerprint density at radius 1 is 0.889 bits per heavy atom. The van der Waals surface area contributed by atoms with Crippen LogP contribution >= 0.6 is 0 Å². The minimum absolute atomic E-state index is 0.0461. The molecule has 4 heteroatoms. The van der Waals surface area contributed by atoms with Gasteiger partial charge in [0.15, 0.2) is 0 Å². The van der Waals surface area contributed by atoms with Crippen molar-refractivity contribution in [3.8, 4) is 5.75 Å². The predicted octanol–water partition coefficient (Wildman–Crippen LogP) is 3.89. The number of aryl methyl sites for hydroxylation is 1. The summed E-state index contributed by atoms with van der Waals surface area (Å²) >= 11 is 0. The molecule has 2 aromatic carbocycles. The molecule has 0 aromatic heterocycles. The fraction of sp³-hybridized carbons (Fsp3) is 0.304. The smallest absolute Gasteiger partial charge is 0.238 e. The molecule has 1 aliphatic heterocycles. The first-order chi connectivity index (χ1) is 13.1. The lowest BCUT2D eigenvalue weighted by atomic mass is 9.85. The Morgan fingerprint density at radius 2 is 1.48 bits per heavy atom. The first-order valence-electron chi connectivity index (χ1n) is 9.46. The Kier molecular flexibility index (Phi) is 3.67. The second-order valence-electron chi connectivity index (χ2n) is 7.78. The lowest BCUT2D eigenvalue weighted by Crippen LogP contribution is -2.32. The molecular formula is C23H21NO3. The highest BCUT2D eigenvalue weighted by Gasteiger charge is 2.59. The molecule has 4 nitrogen and oxygen atoms in total. The maximum atomic E-state index is 12.9. The molecule has 27 heavy (non-hydrogen) atoms. The van der Waals surface area contributed by atoms with Gasteiger partial charge in [0.2, 0.25) is 11.8 Å². The van der Waals surface area contributed by atoms with Gasteiger partial charge in [0.25, 0.3) is 0 Å². The monoisotopic (exact) mass is 359 g/mol. The number of hydrogen-bond donors (Lipinski definition) is 0. The van der Waals surface area contributed by atoms with E-state index in [0.29, 0.717) is 12.3 Å². The number of benzene rings is 2. The summed E-state index contributed by atoms with van der Waals surface area (Å²) in [6, 6.07) is 15.5. The van der Waals surface area contributed by atoms with Crippen LogP contribution in [-0.2, 0) is 16.2 Å². The van der Waals surface area contributed by atoms with E-state index in [4.69, 9.17) is 4.74 Å². The summed E-state index contributed by atoms with van der Waals surface area (Å²) in [5.41, 5.74) is 2.96. The maximum Gasteiger partial charge on any atom is 0.238 e. The standard InChI is InChI=1S/C23H21NO3/c1-14-2-4-15(5-3-14)13-27-19-10-8-18(9-11-19)24-22(25)20-16-6-7-17(12-16)21(20)23(24)26/h2-11,16-17,20-21H,12-13H2,1H3. The Hall–Kier alpha value is -2.88. The number of rotatable bonds is 4. The van der Waals surface area contributed by atoms with Gasteiger partial charge in [-0.3, -0.25) is 14.5 Å². The van der Waals surface area contributed by atoms with Gasteiger partial charge in [-0.1, -0.05) is 42.0 Å². The van der Waals surface area contributed by atoms with E-state index in [1.165, 1.54) is 10.5 Å². The van der Waals surface area contributed by atoms with Gasteiger partial charge in [-0.15, -0.1) is 0 Å². The summed E-state index contributed by atoms with van der Waals surface area (Å²) in [6.07, 6.45) is 5.18. The second kappa shape index (κ2) is 6.08. The molecule has 136 valence electrons. The molecule has 0 N–H and O–H groups in total. The van der Waals surface area contributed by atoms with Crippen LogP contribution in [0.3, 0.4) is 0 Å². The molecule has 4 unspecified atom stereocenters. The van der Waals surface area contributed by atoms with Crippen LogP contribution in [-0.4, -0.2) is 11.8 Å². The fourth-order valence-electron chi connectivity index (χ4n) is 4.70. The third-order valence-electron chi connectivity index (χ3n) is 6.09. The van der Waals surface area contributed by atoms with E-state index in [-0.39, 0.29) is 35.5 Å². The van der Waals surface area contributed by atoms with Gasteiger partial charge < -0.3 is 4.74 Å². The van der Waals surface area contributed by atoms with Gasteiger partial charge in [-0.05, 0) is 55.0 Å². The topological polar surface area (TPSA) is 46.6 Å². The Morgan fingerprint density at radius 3 is 2.07 bits per heavy atom. The van der Waals surface area contributed by atoms with E-state index < -0.39 is 0 Å². The molecule has 2 fully saturated rings. The SMILES string of the molecule is Cc1ccc(COc2ccc(N3C(=O)C4C5C=CC(C5)C4C3=O)cc2)cc1. The highest BCUT2D eigenvalue weighted by molar-refractivity contribution is 6.22. The largest absolute Gasteiger partial charge is 0.489 e. The molecule has 5 rings (SSSR count). The fourth-order valence-corrected chi connectivity index (χ4v) is 4.70. The molecule has 2 amide bonds. The molecular weight excluding hydrogens is 338 g/mol. The van der Waals surface area contributed by atoms with Crippen molar-refractivity contribution >= 4 is 17.5 Å². The maximum absolute atomic E-state index is 12.9. The molecule has 1 heterocycles. The number of allylic oxidation sites excluding steroid dienone is 2. The van der Waals surface area contributed by atoms with E-state index in [1.807, 2.05) is 24.3 Å². The minimum Gasteiger partial charge on any atom is -0.489 e. The highest BCUT2D eigenvalue weighted by Crippen LogP contribution is 2.53. The second-order valence-corrected chi connectivity index (χ2v) is 7.78. The van der Waals surface area contributed by atoms with Crippen LogP contribution in [0.4, 0.5) is 5.69 Å². The number of carbonyl (C=O) groups is 2. The number of carbonyl (C=O) groups excluding carboxylic acids is 2. The number of anilines is 1. The lowest BCUT2D eigenvalue weighted by molar-refractivity contribution is -0.123. The van der Waals surface area contributed by atoms with Gasteiger partial charge in [0.05, 0.1) is 17.5 Å². The summed E-state index contributed by atoms with van der Waals surface area (Å²) in [5, 5.41) is 0. The van der Waals surface area contributed by atoms with Crippen molar-refractivity contribution in [3.05, 3.63) is 71.8 Å². The van der Waals surface area contributed by atoms with Crippen LogP contribution in [0.15, 0.2) is 60.7 Å². The van der Waals surface area contributed by atoms with Crippen molar-refractivity contribution in [2.45, 2.75) is 20.0 Å². The van der Waals surface area contributed by atoms with Crippen molar-refractivity contribution in [2.75, 3.05) is 4.90 Å². The van der Waals surface area contributed by atoms with Crippen molar-refractivity contribution in [1.29, 1.82) is 0 Å². The predicted molar refractivity (Wildman–Crippen MR) is 102 cm³/mol. The van der Waals surface area contributed by atoms with Crippen LogP contribution in [0, 0.1) is 30.6 Å². The summed E-state index contributed by atoms with van der Waals surface area (Å²) in [4.78, 5) is 27.1. The third-order valence-corrected chi connectivity index (χ3v) is 6.09. The molecule has 0 radical (unpaired) electrons. The van der Waals surface area contributed by atoms with E-state index in [1.54, 1.807) is 12.1 Å². The number of ether oxygens (including phenoxy) is 1. The lowest BCUT2D eigenvalue weighted by Gasteiger charge is -2.17. The Bertz CT molecular complexity index is 899. The number of hydrogen-bond acceptors (Lipinski definition) is 3. The Labute approximate surface area is 158 Å². The van der Waals surface area contributed by atoms with Crippen molar-refractivity contribution in [3.63, 3.8) is 0 Å². The van der Waals surface area contributed by atoms with E-state index in [2.05, 4.69) is 31.2 Å². The quantitative estimate of drug-likeness (QED) is 0.615. The molecule has 0 spiro atoms. The van der Waals surface area contributed by atoms with Gasteiger partial charge in [0, 0.05) is 0 Å². The molecule has 1 saturated heterocycles. The average Bonchev–Trinajstić information content (AvgIpc) is 3.36. The van der Waals surface area contributed by atoms with E-state index in [0.717, 1.165) is 17.7 Å². The first kappa shape index (κ1) is 16.3. The number of nitrogens with zero attached hydrogens (tertiary/aromatic N) is 1. The first-order valence-corrected chi connectivity index (χ1v) is 9.46. The summed E-state index contributed by atoms with van der Waals surface area (Å²) < 4.78 is 5.82. The van der Waals surface area contributed by atoms with Crippen LogP contribution in [0.2, 0.25) is 0 Å². The molecule has 2 bridgehead atoms. The van der Waals surface area contributed by atoms with E-state index >= 15 is 0 Å². The summed E-state index contributed by atoms with van der Waals surface area (Å²) in [7, 11) is 0. The van der Waals surface area contributed by atoms with Gasteiger partial charge in [-0.2, -0.15) is 0 Å². The number of fused-ring (bicyclic) bond motifs is 5. The van der Waals surface area contributed by atoms with Crippen LogP contribution in [0.1, 0.15) is 17.5 Å². The van der Waals surface area contributed by atoms with Crippen LogP contribution in [0.25, 0.3) is 0 Å². The van der Waals surface area contributed by atoms with Crippen LogP contribution in [0.5, 0.6) is 5.75 Å². The van der Waals surface area contributed by atoms with Crippen LogP contribution < -0.4 is 9.64 Å². The molecule has 4 atom stereocenters. The molecule has 2 aliphatic carbocycles. The normalized spacial score (nSPS) is 28.1. The van der Waals surface area contributed by atoms with Crippen molar-refractivity contribution in [2.24, 2.45) is 23.7 Å². The number of amides is 2. The molecule has 2 aromatic rings. The zero-order valence-corrected chi connectivity index (χ0v) is 15.2. The molecule has 3 aliphatic rings. The zero-order chi connectivity index (χ0) is 18.5. The average molecular weight is 359 g/mol.